The maximum Gasteiger partial charge on any atom is 0.326 e. The molecule has 2 aromatic heterocycles. The predicted octanol–water partition coefficient (Wildman–Crippen LogP) is 3.13. The highest BCUT2D eigenvalue weighted by Crippen LogP contribution is 2.26. The van der Waals surface area contributed by atoms with Crippen molar-refractivity contribution in [2.24, 2.45) is 0 Å². The first-order valence-corrected chi connectivity index (χ1v) is 11.2. The van der Waals surface area contributed by atoms with Crippen LogP contribution < -0.4 is 10.4 Å². The van der Waals surface area contributed by atoms with Gasteiger partial charge in [0.15, 0.2) is 0 Å². The van der Waals surface area contributed by atoms with Crippen LogP contribution in [0.3, 0.4) is 0 Å². The third-order valence-electron chi connectivity index (χ3n) is 4.71. The van der Waals surface area contributed by atoms with Gasteiger partial charge in [0.2, 0.25) is 15.9 Å². The van der Waals surface area contributed by atoms with Crippen LogP contribution >= 0.6 is 0 Å². The van der Waals surface area contributed by atoms with Crippen molar-refractivity contribution in [3.05, 3.63) is 101 Å². The number of imidazole rings is 1. The van der Waals surface area contributed by atoms with Crippen LogP contribution in [0.25, 0.3) is 0 Å². The second-order valence-corrected chi connectivity index (χ2v) is 9.01. The van der Waals surface area contributed by atoms with Crippen LogP contribution in [0, 0.1) is 5.82 Å². The average molecular weight is 470 g/mol. The number of hydrogen-bond acceptors (Lipinski definition) is 6. The molecule has 11 heteroatoms. The number of aromatic amines is 2. The van der Waals surface area contributed by atoms with E-state index in [0.29, 0.717) is 17.1 Å². The zero-order valence-corrected chi connectivity index (χ0v) is 17.9. The van der Waals surface area contributed by atoms with E-state index in [1.807, 2.05) is 0 Å². The number of halogens is 1. The van der Waals surface area contributed by atoms with E-state index in [2.05, 4.69) is 15.0 Å². The van der Waals surface area contributed by atoms with Gasteiger partial charge in [0.1, 0.15) is 17.3 Å². The van der Waals surface area contributed by atoms with Crippen molar-refractivity contribution in [3.8, 4) is 17.4 Å². The maximum atomic E-state index is 13.4. The highest BCUT2D eigenvalue weighted by Gasteiger charge is 2.27. The van der Waals surface area contributed by atoms with Crippen molar-refractivity contribution in [2.75, 3.05) is 0 Å². The van der Waals surface area contributed by atoms with E-state index in [-0.39, 0.29) is 23.7 Å². The van der Waals surface area contributed by atoms with Crippen molar-refractivity contribution in [3.63, 3.8) is 0 Å². The number of ether oxygens (including phenoxy) is 1. The molecule has 0 saturated heterocycles. The molecule has 0 aliphatic carbocycles. The van der Waals surface area contributed by atoms with Gasteiger partial charge in [-0.3, -0.25) is 9.97 Å². The Balaban J connectivity index is 1.61. The lowest BCUT2D eigenvalue weighted by Gasteiger charge is -2.22. The van der Waals surface area contributed by atoms with Gasteiger partial charge >= 0.3 is 5.69 Å². The fourth-order valence-corrected chi connectivity index (χ4v) is 4.49. The van der Waals surface area contributed by atoms with E-state index >= 15 is 0 Å². The van der Waals surface area contributed by atoms with Gasteiger partial charge in [0.25, 0.3) is 0 Å². The van der Waals surface area contributed by atoms with Crippen LogP contribution in [-0.4, -0.2) is 32.8 Å². The topological polar surface area (TPSA) is 128 Å². The molecular formula is C22H19FN4O5S. The Morgan fingerprint density at radius 3 is 2.21 bits per heavy atom. The Kier molecular flexibility index (Phi) is 6.24. The van der Waals surface area contributed by atoms with Crippen LogP contribution in [0.15, 0.2) is 82.7 Å². The summed E-state index contributed by atoms with van der Waals surface area (Å²) in [5, 5.41) is 9.92. The molecule has 4 rings (SSSR count). The Morgan fingerprint density at radius 1 is 0.970 bits per heavy atom. The molecule has 3 N–H and O–H groups in total. The van der Waals surface area contributed by atoms with Crippen LogP contribution in [0.1, 0.15) is 11.3 Å². The second kappa shape index (κ2) is 9.27. The van der Waals surface area contributed by atoms with Crippen molar-refractivity contribution in [2.45, 2.75) is 18.0 Å². The number of pyridine rings is 1. The Bertz CT molecular complexity index is 1390. The Morgan fingerprint density at radius 2 is 1.64 bits per heavy atom. The lowest BCUT2D eigenvalue weighted by Crippen LogP contribution is -2.30. The monoisotopic (exact) mass is 470 g/mol. The summed E-state index contributed by atoms with van der Waals surface area (Å²) in [7, 11) is -4.05. The number of rotatable bonds is 8. The molecule has 0 unspecified atom stereocenters. The smallest absolute Gasteiger partial charge is 0.326 e. The molecule has 9 nitrogen and oxygen atoms in total. The van der Waals surface area contributed by atoms with Crippen LogP contribution in [-0.2, 0) is 23.1 Å². The lowest BCUT2D eigenvalue weighted by molar-refractivity contribution is 0.381. The van der Waals surface area contributed by atoms with Gasteiger partial charge in [-0.15, -0.1) is 0 Å². The van der Waals surface area contributed by atoms with Crippen molar-refractivity contribution in [1.82, 2.24) is 19.3 Å². The van der Waals surface area contributed by atoms with Crippen molar-refractivity contribution in [1.29, 1.82) is 0 Å². The summed E-state index contributed by atoms with van der Waals surface area (Å²) in [6.45, 7) is -0.327. The number of benzene rings is 2. The first kappa shape index (κ1) is 22.2. The molecule has 2 aromatic carbocycles. The summed E-state index contributed by atoms with van der Waals surface area (Å²) in [6, 6.07) is 14.5. The van der Waals surface area contributed by atoms with Gasteiger partial charge in [0.05, 0.1) is 17.1 Å². The van der Waals surface area contributed by atoms with Gasteiger partial charge in [-0.2, -0.15) is 4.31 Å². The molecule has 0 fully saturated rings. The van der Waals surface area contributed by atoms with E-state index in [4.69, 9.17) is 4.74 Å². The summed E-state index contributed by atoms with van der Waals surface area (Å²) in [6.07, 6.45) is 3.10. The molecule has 0 bridgehead atoms. The number of aromatic hydroxyl groups is 1. The SMILES string of the molecule is O=c1[nH]c(O)c(CN(Cc2cccnc2)S(=O)(=O)c2ccc(Oc3ccc(F)cc3)cc2)[nH]1. The van der Waals surface area contributed by atoms with Crippen molar-refractivity contribution < 1.29 is 22.7 Å². The zero-order valence-electron chi connectivity index (χ0n) is 17.1. The van der Waals surface area contributed by atoms with E-state index in [1.54, 1.807) is 18.3 Å². The summed E-state index contributed by atoms with van der Waals surface area (Å²) < 4.78 is 46.6. The van der Waals surface area contributed by atoms with E-state index in [1.165, 1.54) is 54.7 Å². The third kappa shape index (κ3) is 5.27. The molecule has 2 heterocycles. The highest BCUT2D eigenvalue weighted by atomic mass is 32.2. The number of nitrogens with one attached hydrogen (secondary N) is 2. The third-order valence-corrected chi connectivity index (χ3v) is 6.52. The molecule has 0 atom stereocenters. The minimum atomic E-state index is -4.05. The fraction of sp³-hybridized carbons (Fsp3) is 0.0909. The van der Waals surface area contributed by atoms with Crippen LogP contribution in [0.5, 0.6) is 17.4 Å². The molecule has 0 radical (unpaired) electrons. The number of aromatic nitrogens is 3. The number of H-pyrrole nitrogens is 2. The average Bonchev–Trinajstić information content (AvgIpc) is 3.12. The van der Waals surface area contributed by atoms with Crippen LogP contribution in [0.2, 0.25) is 0 Å². The Labute approximate surface area is 188 Å². The van der Waals surface area contributed by atoms with Crippen molar-refractivity contribution >= 4 is 10.0 Å². The second-order valence-electron chi connectivity index (χ2n) is 7.07. The maximum absolute atomic E-state index is 13.4. The van der Waals surface area contributed by atoms with E-state index in [9.17, 15) is 22.7 Å². The van der Waals surface area contributed by atoms with Gasteiger partial charge in [0, 0.05) is 18.9 Å². The van der Waals surface area contributed by atoms with Gasteiger partial charge in [-0.05, 0) is 60.2 Å². The quantitative estimate of drug-likeness (QED) is 0.363. The minimum absolute atomic E-state index is 0.0183. The lowest BCUT2D eigenvalue weighted by atomic mass is 10.3. The standard InChI is InChI=1S/C22H19FN4O5S/c23-16-3-5-17(6-4-16)32-18-7-9-19(10-8-18)33(30,31)27(13-15-2-1-11-24-12-15)14-20-21(28)26-22(29)25-20/h1-12,28H,13-14H2,(H2,25,26,29). The minimum Gasteiger partial charge on any atom is -0.493 e. The fourth-order valence-electron chi connectivity index (χ4n) is 3.09. The first-order chi connectivity index (χ1) is 15.8. The summed E-state index contributed by atoms with van der Waals surface area (Å²) in [5.74, 6) is -0.0641. The normalized spacial score (nSPS) is 11.6. The molecule has 0 amide bonds. The number of nitrogens with zero attached hydrogens (tertiary/aromatic N) is 2. The molecule has 170 valence electrons. The highest BCUT2D eigenvalue weighted by molar-refractivity contribution is 7.89. The van der Waals surface area contributed by atoms with Gasteiger partial charge in [-0.25, -0.2) is 17.6 Å². The van der Waals surface area contributed by atoms with Crippen LogP contribution in [0.4, 0.5) is 4.39 Å². The Hall–Kier alpha value is -3.96. The summed E-state index contributed by atoms with van der Waals surface area (Å²) in [4.78, 5) is 20.0. The zero-order chi connectivity index (χ0) is 23.4. The van der Waals surface area contributed by atoms with E-state index in [0.717, 1.165) is 4.31 Å². The molecule has 0 saturated carbocycles. The molecule has 4 aromatic rings. The molecule has 33 heavy (non-hydrogen) atoms. The molecule has 0 aliphatic rings. The van der Waals surface area contributed by atoms with Gasteiger partial charge < -0.3 is 14.8 Å². The number of sulfonamides is 1. The summed E-state index contributed by atoms with van der Waals surface area (Å²) in [5.41, 5.74) is 0.00181. The van der Waals surface area contributed by atoms with E-state index < -0.39 is 27.4 Å². The number of hydrogen-bond donors (Lipinski definition) is 3. The predicted molar refractivity (Wildman–Crippen MR) is 117 cm³/mol. The molecular weight excluding hydrogens is 451 g/mol. The first-order valence-electron chi connectivity index (χ1n) is 9.74. The summed E-state index contributed by atoms with van der Waals surface area (Å²) >= 11 is 0. The molecule has 0 aliphatic heterocycles. The molecule has 0 spiro atoms. The largest absolute Gasteiger partial charge is 0.493 e. The van der Waals surface area contributed by atoms with Gasteiger partial charge in [-0.1, -0.05) is 6.07 Å².